The van der Waals surface area contributed by atoms with Gasteiger partial charge in [-0.25, -0.2) is 4.39 Å². The van der Waals surface area contributed by atoms with Gasteiger partial charge in [0.1, 0.15) is 5.82 Å². The second kappa shape index (κ2) is 4.87. The number of halogens is 2. The van der Waals surface area contributed by atoms with E-state index in [4.69, 9.17) is 0 Å². The fourth-order valence-corrected chi connectivity index (χ4v) is 3.05. The lowest BCUT2D eigenvalue weighted by atomic mass is 9.88. The highest BCUT2D eigenvalue weighted by Crippen LogP contribution is 2.36. The van der Waals surface area contributed by atoms with Gasteiger partial charge < -0.3 is 0 Å². The Morgan fingerprint density at radius 2 is 1.62 bits per heavy atom. The van der Waals surface area contributed by atoms with Gasteiger partial charge in [-0.15, -0.1) is 0 Å². The third-order valence-corrected chi connectivity index (χ3v) is 3.46. The molecular weight excluding hydrogens is 267 g/mol. The van der Waals surface area contributed by atoms with Crippen LogP contribution in [0.25, 0.3) is 0 Å². The van der Waals surface area contributed by atoms with Crippen molar-refractivity contribution >= 4 is 15.9 Å². The molecule has 0 N–H and O–H groups in total. The van der Waals surface area contributed by atoms with Crippen LogP contribution in [0.2, 0.25) is 0 Å². The summed E-state index contributed by atoms with van der Waals surface area (Å²) in [6, 6.07) is 3.88. The van der Waals surface area contributed by atoms with Crippen molar-refractivity contribution in [2.24, 2.45) is 5.41 Å². The first-order valence-electron chi connectivity index (χ1n) is 5.61. The number of benzene rings is 1. The largest absolute Gasteiger partial charge is 0.206 e. The van der Waals surface area contributed by atoms with Gasteiger partial charge in [-0.3, -0.25) is 0 Å². The molecule has 0 aromatic heterocycles. The molecule has 0 bridgehead atoms. The summed E-state index contributed by atoms with van der Waals surface area (Å²) in [5, 5.41) is 0. The van der Waals surface area contributed by atoms with Crippen molar-refractivity contribution in [2.45, 2.75) is 45.9 Å². The van der Waals surface area contributed by atoms with E-state index in [2.05, 4.69) is 36.7 Å². The molecular formula is C14H20BrF. The molecule has 1 rings (SSSR count). The molecule has 0 heterocycles. The highest BCUT2D eigenvalue weighted by Gasteiger charge is 2.19. The molecule has 0 aliphatic rings. The SMILES string of the molecule is Cc1cc(C(Br)CC(C)(C)C)cc(C)c1F. The van der Waals surface area contributed by atoms with E-state index in [1.807, 2.05) is 26.0 Å². The molecule has 0 radical (unpaired) electrons. The van der Waals surface area contributed by atoms with Crippen LogP contribution in [0.3, 0.4) is 0 Å². The maximum Gasteiger partial charge on any atom is 0.129 e. The molecule has 1 aromatic carbocycles. The van der Waals surface area contributed by atoms with E-state index in [1.165, 1.54) is 5.56 Å². The highest BCUT2D eigenvalue weighted by molar-refractivity contribution is 9.09. The van der Waals surface area contributed by atoms with E-state index in [0.717, 1.165) is 17.5 Å². The van der Waals surface area contributed by atoms with Crippen molar-refractivity contribution in [3.05, 3.63) is 34.6 Å². The van der Waals surface area contributed by atoms with Crippen molar-refractivity contribution in [2.75, 3.05) is 0 Å². The van der Waals surface area contributed by atoms with E-state index in [-0.39, 0.29) is 11.2 Å². The van der Waals surface area contributed by atoms with E-state index in [0.29, 0.717) is 4.83 Å². The molecule has 0 saturated carbocycles. The summed E-state index contributed by atoms with van der Waals surface area (Å²) < 4.78 is 13.5. The second-order valence-corrected chi connectivity index (χ2v) is 6.81. The Morgan fingerprint density at radius 3 is 2.00 bits per heavy atom. The van der Waals surface area contributed by atoms with Crippen molar-refractivity contribution in [1.29, 1.82) is 0 Å². The lowest BCUT2D eigenvalue weighted by Gasteiger charge is -2.23. The van der Waals surface area contributed by atoms with Gasteiger partial charge in [0.25, 0.3) is 0 Å². The third-order valence-electron chi connectivity index (χ3n) is 2.61. The summed E-state index contributed by atoms with van der Waals surface area (Å²) in [5.41, 5.74) is 2.90. The molecule has 0 fully saturated rings. The van der Waals surface area contributed by atoms with Gasteiger partial charge in [0.05, 0.1) is 0 Å². The minimum Gasteiger partial charge on any atom is -0.206 e. The Morgan fingerprint density at radius 1 is 1.19 bits per heavy atom. The maximum atomic E-state index is 13.5. The normalized spacial score (nSPS) is 13.9. The Balaban J connectivity index is 2.97. The Labute approximate surface area is 106 Å². The number of hydrogen-bond acceptors (Lipinski definition) is 0. The molecule has 1 aromatic rings. The van der Waals surface area contributed by atoms with Gasteiger partial charge in [0, 0.05) is 4.83 Å². The van der Waals surface area contributed by atoms with Crippen LogP contribution in [0, 0.1) is 25.1 Å². The second-order valence-electron chi connectivity index (χ2n) is 5.70. The van der Waals surface area contributed by atoms with E-state index < -0.39 is 0 Å². The van der Waals surface area contributed by atoms with Gasteiger partial charge in [-0.1, -0.05) is 48.8 Å². The first-order valence-corrected chi connectivity index (χ1v) is 6.53. The first kappa shape index (κ1) is 13.7. The summed E-state index contributed by atoms with van der Waals surface area (Å²) in [5.74, 6) is -0.0841. The molecule has 0 amide bonds. The quantitative estimate of drug-likeness (QED) is 0.646. The third kappa shape index (κ3) is 3.58. The van der Waals surface area contributed by atoms with Crippen LogP contribution in [0.1, 0.15) is 48.7 Å². The van der Waals surface area contributed by atoms with Gasteiger partial charge in [0.2, 0.25) is 0 Å². The average molecular weight is 287 g/mol. The number of alkyl halides is 1. The molecule has 0 aliphatic carbocycles. The van der Waals surface area contributed by atoms with Crippen LogP contribution in [0.15, 0.2) is 12.1 Å². The Hall–Kier alpha value is -0.370. The molecule has 2 heteroatoms. The fourth-order valence-electron chi connectivity index (χ4n) is 1.82. The monoisotopic (exact) mass is 286 g/mol. The highest BCUT2D eigenvalue weighted by atomic mass is 79.9. The summed E-state index contributed by atoms with van der Waals surface area (Å²) in [4.78, 5) is 0.297. The minimum atomic E-state index is -0.0841. The van der Waals surface area contributed by atoms with Crippen molar-refractivity contribution < 1.29 is 4.39 Å². The van der Waals surface area contributed by atoms with E-state index in [1.54, 1.807) is 0 Å². The molecule has 0 spiro atoms. The van der Waals surface area contributed by atoms with Gasteiger partial charge in [-0.05, 0) is 42.4 Å². The lowest BCUT2D eigenvalue weighted by molar-refractivity contribution is 0.376. The van der Waals surface area contributed by atoms with Gasteiger partial charge in [-0.2, -0.15) is 0 Å². The van der Waals surface area contributed by atoms with Gasteiger partial charge in [0.15, 0.2) is 0 Å². The topological polar surface area (TPSA) is 0 Å². The Kier molecular flexibility index (Phi) is 4.17. The molecule has 0 nitrogen and oxygen atoms in total. The van der Waals surface area contributed by atoms with E-state index >= 15 is 0 Å². The van der Waals surface area contributed by atoms with Gasteiger partial charge >= 0.3 is 0 Å². The smallest absolute Gasteiger partial charge is 0.129 e. The van der Waals surface area contributed by atoms with Crippen LogP contribution in [-0.2, 0) is 0 Å². The maximum absolute atomic E-state index is 13.5. The van der Waals surface area contributed by atoms with Crippen LogP contribution >= 0.6 is 15.9 Å². The van der Waals surface area contributed by atoms with Crippen LogP contribution in [0.4, 0.5) is 4.39 Å². The fraction of sp³-hybridized carbons (Fsp3) is 0.571. The van der Waals surface area contributed by atoms with Crippen molar-refractivity contribution in [1.82, 2.24) is 0 Å². The summed E-state index contributed by atoms with van der Waals surface area (Å²) in [6.07, 6.45) is 1.04. The zero-order valence-corrected chi connectivity index (χ0v) is 12.3. The standard InChI is InChI=1S/C14H20BrF/c1-9-6-11(7-10(2)13(9)16)12(15)8-14(3,4)5/h6-7,12H,8H2,1-5H3. The summed E-state index contributed by atoms with van der Waals surface area (Å²) in [6.45, 7) is 10.3. The molecule has 16 heavy (non-hydrogen) atoms. The van der Waals surface area contributed by atoms with Crippen LogP contribution < -0.4 is 0 Å². The molecule has 90 valence electrons. The van der Waals surface area contributed by atoms with Crippen LogP contribution in [-0.4, -0.2) is 0 Å². The first-order chi connectivity index (χ1) is 7.20. The number of hydrogen-bond donors (Lipinski definition) is 0. The minimum absolute atomic E-state index is 0.0841. The molecule has 1 unspecified atom stereocenters. The zero-order chi connectivity index (χ0) is 12.5. The lowest BCUT2D eigenvalue weighted by Crippen LogP contribution is -2.09. The van der Waals surface area contributed by atoms with Crippen molar-refractivity contribution in [3.63, 3.8) is 0 Å². The number of aryl methyl sites for hydroxylation is 2. The molecule has 0 aliphatic heterocycles. The number of rotatable bonds is 2. The molecule has 1 atom stereocenters. The van der Waals surface area contributed by atoms with E-state index in [9.17, 15) is 4.39 Å². The predicted octanol–water partition coefficient (Wildman–Crippen LogP) is 5.31. The molecule has 0 saturated heterocycles. The summed E-state index contributed by atoms with van der Waals surface area (Å²) in [7, 11) is 0. The average Bonchev–Trinajstić information content (AvgIpc) is 2.10. The summed E-state index contributed by atoms with van der Waals surface area (Å²) >= 11 is 3.69. The van der Waals surface area contributed by atoms with Crippen molar-refractivity contribution in [3.8, 4) is 0 Å². The predicted molar refractivity (Wildman–Crippen MR) is 71.6 cm³/mol. The zero-order valence-electron chi connectivity index (χ0n) is 10.7. The Bertz CT molecular complexity index is 354. The van der Waals surface area contributed by atoms with Crippen LogP contribution in [0.5, 0.6) is 0 Å².